The van der Waals surface area contributed by atoms with Crippen molar-refractivity contribution in [2.75, 3.05) is 25.6 Å². The largest absolute Gasteiger partial charge is 0.392 e. The lowest BCUT2D eigenvalue weighted by atomic mass is 9.89. The number of carbonyl (C=O) groups excluding carboxylic acids is 1. The number of allylic oxidation sites excluding steroid dienone is 1. The number of rotatable bonds is 7. The van der Waals surface area contributed by atoms with Gasteiger partial charge in [-0.3, -0.25) is 4.79 Å². The molecular formula is C22H35NO3S. The molecule has 3 rings (SSSR count). The van der Waals surface area contributed by atoms with Crippen LogP contribution in [0.25, 0.3) is 0 Å². The number of hydrogen-bond donors (Lipinski definition) is 2. The van der Waals surface area contributed by atoms with E-state index in [9.17, 15) is 15.0 Å². The van der Waals surface area contributed by atoms with E-state index >= 15 is 0 Å². The Morgan fingerprint density at radius 2 is 2.04 bits per heavy atom. The van der Waals surface area contributed by atoms with Crippen LogP contribution in [0.1, 0.15) is 44.9 Å². The predicted octanol–water partition coefficient (Wildman–Crippen LogP) is 3.25. The molecule has 4 nitrogen and oxygen atoms in total. The van der Waals surface area contributed by atoms with Gasteiger partial charge in [0.1, 0.15) is 0 Å². The average molecular weight is 394 g/mol. The lowest BCUT2D eigenvalue weighted by molar-refractivity contribution is -0.125. The van der Waals surface area contributed by atoms with Crippen LogP contribution >= 0.6 is 11.8 Å². The van der Waals surface area contributed by atoms with Crippen molar-refractivity contribution in [1.29, 1.82) is 0 Å². The molecule has 0 radical (unpaired) electrons. The molecular weight excluding hydrogens is 358 g/mol. The van der Waals surface area contributed by atoms with Gasteiger partial charge in [0.2, 0.25) is 5.91 Å². The van der Waals surface area contributed by atoms with Crippen molar-refractivity contribution >= 4 is 17.7 Å². The first-order valence-corrected chi connectivity index (χ1v) is 11.6. The number of nitrogens with zero attached hydrogens (tertiary/aromatic N) is 1. The molecule has 0 spiro atoms. The highest BCUT2D eigenvalue weighted by molar-refractivity contribution is 8.00. The smallest absolute Gasteiger partial charge is 0.232 e. The SMILES string of the molecule is CN(C)C(=O)CSCC=C1C[C@H]2C[C@@H](O)[C@H](C=C[C@@H](O)C3CCCC3)[C@H]2C1. The van der Waals surface area contributed by atoms with Crippen LogP contribution in [-0.4, -0.2) is 58.8 Å². The van der Waals surface area contributed by atoms with Crippen LogP contribution in [0.4, 0.5) is 0 Å². The standard InChI is InChI=1S/C22H35NO3S/c1-23(2)22(26)14-27-10-9-15-11-17-13-21(25)18(19(17)12-15)7-8-20(24)16-5-3-4-6-16/h7-9,16-21,24-25H,3-6,10-14H2,1-2H3/t17-,18+,19-,20+,21+/m0/s1. The van der Waals surface area contributed by atoms with Gasteiger partial charge < -0.3 is 15.1 Å². The van der Waals surface area contributed by atoms with E-state index in [1.165, 1.54) is 18.4 Å². The van der Waals surface area contributed by atoms with Gasteiger partial charge >= 0.3 is 0 Å². The summed E-state index contributed by atoms with van der Waals surface area (Å²) in [4.78, 5) is 13.3. The Morgan fingerprint density at radius 1 is 1.30 bits per heavy atom. The maximum Gasteiger partial charge on any atom is 0.232 e. The van der Waals surface area contributed by atoms with Crippen molar-refractivity contribution in [3.8, 4) is 0 Å². The zero-order valence-corrected chi connectivity index (χ0v) is 17.5. The molecule has 3 aliphatic rings. The van der Waals surface area contributed by atoms with Gasteiger partial charge in [-0.25, -0.2) is 0 Å². The highest BCUT2D eigenvalue weighted by Gasteiger charge is 2.45. The van der Waals surface area contributed by atoms with E-state index in [1.54, 1.807) is 30.8 Å². The minimum atomic E-state index is -0.346. The molecule has 0 aromatic carbocycles. The fourth-order valence-corrected chi connectivity index (χ4v) is 5.99. The van der Waals surface area contributed by atoms with Crippen molar-refractivity contribution < 1.29 is 15.0 Å². The number of hydrogen-bond acceptors (Lipinski definition) is 4. The minimum Gasteiger partial charge on any atom is -0.392 e. The molecule has 0 aromatic rings. The molecule has 152 valence electrons. The summed E-state index contributed by atoms with van der Waals surface area (Å²) >= 11 is 1.67. The van der Waals surface area contributed by atoms with Crippen molar-refractivity contribution in [1.82, 2.24) is 4.90 Å². The molecule has 0 aliphatic heterocycles. The van der Waals surface area contributed by atoms with E-state index in [0.717, 1.165) is 37.9 Å². The second kappa shape index (κ2) is 9.62. The molecule has 27 heavy (non-hydrogen) atoms. The second-order valence-corrected chi connectivity index (χ2v) is 9.83. The monoisotopic (exact) mass is 393 g/mol. The van der Waals surface area contributed by atoms with E-state index in [2.05, 4.69) is 12.2 Å². The number of aliphatic hydroxyl groups is 2. The van der Waals surface area contributed by atoms with E-state index in [1.807, 2.05) is 6.08 Å². The van der Waals surface area contributed by atoms with Gasteiger partial charge in [0, 0.05) is 25.8 Å². The summed E-state index contributed by atoms with van der Waals surface area (Å²) in [6, 6.07) is 0. The highest BCUT2D eigenvalue weighted by Crippen LogP contribution is 2.50. The van der Waals surface area contributed by atoms with Gasteiger partial charge in [-0.05, 0) is 49.9 Å². The van der Waals surface area contributed by atoms with Crippen molar-refractivity contribution in [2.24, 2.45) is 23.7 Å². The quantitative estimate of drug-likeness (QED) is 0.515. The van der Waals surface area contributed by atoms with Crippen LogP contribution in [0, 0.1) is 23.7 Å². The van der Waals surface area contributed by atoms with Gasteiger partial charge in [-0.1, -0.05) is 36.6 Å². The van der Waals surface area contributed by atoms with Gasteiger partial charge in [0.05, 0.1) is 18.0 Å². The number of fused-ring (bicyclic) bond motifs is 1. The Hall–Kier alpha value is -0.780. The summed E-state index contributed by atoms with van der Waals surface area (Å²) in [7, 11) is 3.59. The Bertz CT molecular complexity index is 568. The summed E-state index contributed by atoms with van der Waals surface area (Å²) in [5.74, 6) is 3.25. The Labute approximate surface area is 168 Å². The van der Waals surface area contributed by atoms with Crippen LogP contribution in [0.3, 0.4) is 0 Å². The first-order chi connectivity index (χ1) is 13.0. The van der Waals surface area contributed by atoms with E-state index in [0.29, 0.717) is 23.5 Å². The molecule has 0 bridgehead atoms. The summed E-state index contributed by atoms with van der Waals surface area (Å²) in [5.41, 5.74) is 1.48. The van der Waals surface area contributed by atoms with Gasteiger partial charge in [-0.2, -0.15) is 0 Å². The Kier molecular flexibility index (Phi) is 7.46. The van der Waals surface area contributed by atoms with Crippen molar-refractivity contribution in [3.63, 3.8) is 0 Å². The van der Waals surface area contributed by atoms with Crippen LogP contribution in [0.2, 0.25) is 0 Å². The maximum absolute atomic E-state index is 11.6. The maximum atomic E-state index is 11.6. The normalized spacial score (nSPS) is 33.9. The first-order valence-electron chi connectivity index (χ1n) is 10.5. The van der Waals surface area contributed by atoms with Crippen LogP contribution in [0.15, 0.2) is 23.8 Å². The average Bonchev–Trinajstić information content (AvgIpc) is 3.33. The molecule has 5 atom stereocenters. The third-order valence-electron chi connectivity index (χ3n) is 6.74. The lowest BCUT2D eigenvalue weighted by Crippen LogP contribution is -2.23. The van der Waals surface area contributed by atoms with E-state index < -0.39 is 0 Å². The molecule has 3 aliphatic carbocycles. The molecule has 0 aromatic heterocycles. The van der Waals surface area contributed by atoms with E-state index in [4.69, 9.17) is 0 Å². The molecule has 3 fully saturated rings. The fraction of sp³-hybridized carbons (Fsp3) is 0.773. The summed E-state index contributed by atoms with van der Waals surface area (Å²) in [6.45, 7) is 0. The Balaban J connectivity index is 1.49. The molecule has 2 N–H and O–H groups in total. The number of thioether (sulfide) groups is 1. The van der Waals surface area contributed by atoms with Crippen molar-refractivity contribution in [3.05, 3.63) is 23.8 Å². The zero-order chi connectivity index (χ0) is 19.4. The molecule has 1 amide bonds. The van der Waals surface area contributed by atoms with Gasteiger partial charge in [-0.15, -0.1) is 11.8 Å². The van der Waals surface area contributed by atoms with Crippen LogP contribution in [0.5, 0.6) is 0 Å². The van der Waals surface area contributed by atoms with Gasteiger partial charge in [0.15, 0.2) is 0 Å². The Morgan fingerprint density at radius 3 is 2.74 bits per heavy atom. The second-order valence-electron chi connectivity index (χ2n) is 8.80. The number of amides is 1. The molecule has 0 saturated heterocycles. The zero-order valence-electron chi connectivity index (χ0n) is 16.7. The number of carbonyl (C=O) groups is 1. The van der Waals surface area contributed by atoms with Crippen molar-refractivity contribution in [2.45, 2.75) is 57.2 Å². The number of aliphatic hydroxyl groups excluding tert-OH is 2. The fourth-order valence-electron chi connectivity index (χ4n) is 5.09. The van der Waals surface area contributed by atoms with E-state index in [-0.39, 0.29) is 24.0 Å². The topological polar surface area (TPSA) is 60.8 Å². The summed E-state index contributed by atoms with van der Waals surface area (Å²) in [5, 5.41) is 20.9. The minimum absolute atomic E-state index is 0.163. The van der Waals surface area contributed by atoms with Gasteiger partial charge in [0.25, 0.3) is 0 Å². The molecule has 0 unspecified atom stereocenters. The highest BCUT2D eigenvalue weighted by atomic mass is 32.2. The van der Waals surface area contributed by atoms with Crippen LogP contribution in [-0.2, 0) is 4.79 Å². The summed E-state index contributed by atoms with van der Waals surface area (Å²) in [6.07, 6.45) is 13.5. The molecule has 0 heterocycles. The lowest BCUT2D eigenvalue weighted by Gasteiger charge is -2.19. The van der Waals surface area contributed by atoms with Crippen LogP contribution < -0.4 is 0 Å². The third-order valence-corrected chi connectivity index (χ3v) is 7.59. The molecule has 5 heteroatoms. The molecule has 3 saturated carbocycles. The first kappa shape index (κ1) is 20.9. The summed E-state index contributed by atoms with van der Waals surface area (Å²) < 4.78 is 0. The predicted molar refractivity (Wildman–Crippen MR) is 112 cm³/mol. The third kappa shape index (κ3) is 5.39.